The van der Waals surface area contributed by atoms with E-state index in [1.807, 2.05) is 6.92 Å². The summed E-state index contributed by atoms with van der Waals surface area (Å²) >= 11 is 0. The Kier molecular flexibility index (Phi) is 4.52. The van der Waals surface area contributed by atoms with E-state index >= 15 is 0 Å². The molecule has 1 saturated heterocycles. The number of nitrogens with zero attached hydrogens (tertiary/aromatic N) is 2. The summed E-state index contributed by atoms with van der Waals surface area (Å²) in [5.74, 6) is 2.03. The molecular weight excluding hydrogens is 185 g/mol. The molecule has 5 heteroatoms. The first kappa shape index (κ1) is 11.1. The first-order valence-corrected chi connectivity index (χ1v) is 4.75. The molecule has 0 saturated carbocycles. The second-order valence-corrected chi connectivity index (χ2v) is 3.20. The third kappa shape index (κ3) is 2.77. The highest BCUT2D eigenvalue weighted by Gasteiger charge is 2.20. The van der Waals surface area contributed by atoms with Gasteiger partial charge < -0.3 is 9.84 Å². The Morgan fingerprint density at radius 2 is 2.00 bits per heavy atom. The predicted octanol–water partition coefficient (Wildman–Crippen LogP) is 1.43. The summed E-state index contributed by atoms with van der Waals surface area (Å²) in [6, 6.07) is 0. The number of hydrogen-bond donors (Lipinski definition) is 1. The van der Waals surface area contributed by atoms with Crippen molar-refractivity contribution in [3.05, 3.63) is 11.7 Å². The molecule has 80 valence electrons. The van der Waals surface area contributed by atoms with Crippen molar-refractivity contribution in [1.82, 2.24) is 15.5 Å². The Morgan fingerprint density at radius 1 is 1.36 bits per heavy atom. The number of rotatable bonds is 1. The van der Waals surface area contributed by atoms with E-state index in [4.69, 9.17) is 4.52 Å². The lowest BCUT2D eigenvalue weighted by Gasteiger charge is -2.18. The summed E-state index contributed by atoms with van der Waals surface area (Å²) < 4.78 is 14.6. The van der Waals surface area contributed by atoms with E-state index in [0.29, 0.717) is 13.1 Å². The first-order valence-electron chi connectivity index (χ1n) is 4.75. The number of piperidine rings is 1. The highest BCUT2D eigenvalue weighted by atomic mass is 19.1. The molecular formula is C9H16FN3O. The van der Waals surface area contributed by atoms with Gasteiger partial charge in [0.2, 0.25) is 5.89 Å². The number of halogens is 1. The van der Waals surface area contributed by atoms with Gasteiger partial charge in [0.15, 0.2) is 5.82 Å². The second kappa shape index (κ2) is 5.70. The van der Waals surface area contributed by atoms with Crippen LogP contribution in [0.25, 0.3) is 0 Å². The van der Waals surface area contributed by atoms with Crippen molar-refractivity contribution < 1.29 is 8.91 Å². The third-order valence-corrected chi connectivity index (χ3v) is 2.23. The molecule has 2 rings (SSSR count). The van der Waals surface area contributed by atoms with Gasteiger partial charge in [-0.3, -0.25) is 4.39 Å². The summed E-state index contributed by atoms with van der Waals surface area (Å²) in [5.41, 5.74) is 0. The lowest BCUT2D eigenvalue weighted by molar-refractivity contribution is 0.319. The van der Waals surface area contributed by atoms with Gasteiger partial charge >= 0.3 is 0 Å². The zero-order chi connectivity index (χ0) is 10.4. The number of hydrogen-bond acceptors (Lipinski definition) is 4. The summed E-state index contributed by atoms with van der Waals surface area (Å²) in [7, 11) is 0.500. The molecule has 1 aliphatic rings. The van der Waals surface area contributed by atoms with Crippen LogP contribution in [0, 0.1) is 6.92 Å². The van der Waals surface area contributed by atoms with Gasteiger partial charge in [0, 0.05) is 5.92 Å². The largest absolute Gasteiger partial charge is 0.339 e. The van der Waals surface area contributed by atoms with Gasteiger partial charge in [0.05, 0.1) is 7.18 Å². The normalized spacial score (nSPS) is 17.4. The van der Waals surface area contributed by atoms with Crippen molar-refractivity contribution >= 4 is 0 Å². The van der Waals surface area contributed by atoms with Crippen molar-refractivity contribution in [1.29, 1.82) is 0 Å². The van der Waals surface area contributed by atoms with Crippen molar-refractivity contribution in [2.75, 3.05) is 20.3 Å². The van der Waals surface area contributed by atoms with Gasteiger partial charge in [0.25, 0.3) is 0 Å². The highest BCUT2D eigenvalue weighted by Crippen LogP contribution is 2.22. The maximum Gasteiger partial charge on any atom is 0.229 e. The Balaban J connectivity index is 0.000000461. The van der Waals surface area contributed by atoms with E-state index in [1.165, 1.54) is 0 Å². The molecule has 0 atom stereocenters. The lowest BCUT2D eigenvalue weighted by Crippen LogP contribution is -2.26. The summed E-state index contributed by atoms with van der Waals surface area (Å²) in [5, 5.41) is 7.09. The average Bonchev–Trinajstić information content (AvgIpc) is 2.69. The maximum atomic E-state index is 9.50. The molecule has 0 amide bonds. The number of nitrogens with one attached hydrogen (secondary N) is 1. The fourth-order valence-electron chi connectivity index (χ4n) is 1.55. The molecule has 0 unspecified atom stereocenters. The van der Waals surface area contributed by atoms with Crippen molar-refractivity contribution in [3.8, 4) is 0 Å². The second-order valence-electron chi connectivity index (χ2n) is 3.20. The van der Waals surface area contributed by atoms with Crippen LogP contribution in [0.2, 0.25) is 0 Å². The number of aryl methyl sites for hydroxylation is 1. The average molecular weight is 201 g/mol. The highest BCUT2D eigenvalue weighted by molar-refractivity contribution is 4.94. The zero-order valence-electron chi connectivity index (χ0n) is 8.59. The van der Waals surface area contributed by atoms with Crippen molar-refractivity contribution in [2.24, 2.45) is 0 Å². The molecule has 0 radical (unpaired) electrons. The Labute approximate surface area is 82.9 Å². The van der Waals surface area contributed by atoms with Crippen molar-refractivity contribution in [2.45, 2.75) is 25.7 Å². The number of aromatic nitrogens is 2. The van der Waals surface area contributed by atoms with E-state index < -0.39 is 0 Å². The molecule has 0 spiro atoms. The van der Waals surface area contributed by atoms with E-state index in [-0.39, 0.29) is 0 Å². The molecule has 1 aromatic heterocycles. The van der Waals surface area contributed by atoms with E-state index in [0.717, 1.165) is 37.6 Å². The molecule has 2 heterocycles. The first-order chi connectivity index (χ1) is 6.86. The minimum absolute atomic E-state index is 0.479. The topological polar surface area (TPSA) is 51.0 Å². The quantitative estimate of drug-likeness (QED) is 0.746. The zero-order valence-corrected chi connectivity index (χ0v) is 8.59. The molecule has 1 N–H and O–H groups in total. The van der Waals surface area contributed by atoms with Crippen molar-refractivity contribution in [3.63, 3.8) is 0 Å². The van der Waals surface area contributed by atoms with Gasteiger partial charge in [-0.05, 0) is 32.9 Å². The fraction of sp³-hybridized carbons (Fsp3) is 0.778. The van der Waals surface area contributed by atoms with Gasteiger partial charge in [-0.25, -0.2) is 0 Å². The SMILES string of the molecule is CF.Cc1noc(C2CCNCC2)n1. The molecule has 1 aromatic rings. The van der Waals surface area contributed by atoms with Gasteiger partial charge in [-0.15, -0.1) is 0 Å². The maximum absolute atomic E-state index is 9.50. The molecule has 4 nitrogen and oxygen atoms in total. The molecule has 0 bridgehead atoms. The van der Waals surface area contributed by atoms with Crippen LogP contribution in [-0.2, 0) is 0 Å². The minimum atomic E-state index is 0.479. The lowest BCUT2D eigenvalue weighted by atomic mass is 9.98. The molecule has 1 fully saturated rings. The molecule has 0 aromatic carbocycles. The van der Waals surface area contributed by atoms with Crippen LogP contribution in [0.5, 0.6) is 0 Å². The molecule has 0 aliphatic carbocycles. The number of alkyl halides is 1. The summed E-state index contributed by atoms with van der Waals surface area (Å²) in [4.78, 5) is 4.23. The van der Waals surface area contributed by atoms with E-state index in [9.17, 15) is 4.39 Å². The van der Waals surface area contributed by atoms with E-state index in [1.54, 1.807) is 0 Å². The van der Waals surface area contributed by atoms with Crippen LogP contribution in [-0.4, -0.2) is 30.4 Å². The monoisotopic (exact) mass is 201 g/mol. The smallest absolute Gasteiger partial charge is 0.229 e. The van der Waals surface area contributed by atoms with Gasteiger partial charge in [-0.1, -0.05) is 5.16 Å². The van der Waals surface area contributed by atoms with Crippen LogP contribution in [0.1, 0.15) is 30.5 Å². The van der Waals surface area contributed by atoms with Crippen LogP contribution >= 0.6 is 0 Å². The van der Waals surface area contributed by atoms with Crippen LogP contribution in [0.15, 0.2) is 4.52 Å². The molecule has 14 heavy (non-hydrogen) atoms. The van der Waals surface area contributed by atoms with Gasteiger partial charge in [0.1, 0.15) is 0 Å². The minimum Gasteiger partial charge on any atom is -0.339 e. The van der Waals surface area contributed by atoms with Crippen LogP contribution < -0.4 is 5.32 Å². The summed E-state index contributed by atoms with van der Waals surface area (Å²) in [6.45, 7) is 3.98. The standard InChI is InChI=1S/C8H13N3O.CH3F/c1-6-10-8(12-11-6)7-2-4-9-5-3-7;1-2/h7,9H,2-5H2,1H3;1H3. The van der Waals surface area contributed by atoms with Crippen LogP contribution in [0.3, 0.4) is 0 Å². The van der Waals surface area contributed by atoms with Crippen LogP contribution in [0.4, 0.5) is 4.39 Å². The Morgan fingerprint density at radius 3 is 2.50 bits per heavy atom. The Hall–Kier alpha value is -0.970. The third-order valence-electron chi connectivity index (χ3n) is 2.23. The molecule has 1 aliphatic heterocycles. The van der Waals surface area contributed by atoms with E-state index in [2.05, 4.69) is 15.5 Å². The fourth-order valence-corrected chi connectivity index (χ4v) is 1.55. The Bertz CT molecular complexity index is 258. The predicted molar refractivity (Wildman–Crippen MR) is 50.9 cm³/mol. The van der Waals surface area contributed by atoms with Gasteiger partial charge in [-0.2, -0.15) is 4.98 Å². The summed E-state index contributed by atoms with van der Waals surface area (Å²) in [6.07, 6.45) is 2.23.